The van der Waals surface area contributed by atoms with Gasteiger partial charge in [-0.25, -0.2) is 4.39 Å². The van der Waals surface area contributed by atoms with Crippen LogP contribution in [0.25, 0.3) is 0 Å². The molecule has 116 valence electrons. The van der Waals surface area contributed by atoms with Crippen LogP contribution in [0.4, 0.5) is 14.5 Å². The van der Waals surface area contributed by atoms with Crippen LogP contribution in [0.2, 0.25) is 0 Å². The minimum absolute atomic E-state index is 0.0502. The van der Waals surface area contributed by atoms with Gasteiger partial charge < -0.3 is 10.4 Å². The third-order valence-electron chi connectivity index (χ3n) is 4.13. The van der Waals surface area contributed by atoms with Crippen molar-refractivity contribution < 1.29 is 18.8 Å². The molecule has 5 nitrogen and oxygen atoms in total. The van der Waals surface area contributed by atoms with E-state index in [4.69, 9.17) is 0 Å². The van der Waals surface area contributed by atoms with Gasteiger partial charge in [0.05, 0.1) is 4.92 Å². The van der Waals surface area contributed by atoms with E-state index in [1.807, 2.05) is 0 Å². The van der Waals surface area contributed by atoms with Crippen molar-refractivity contribution in [3.8, 4) is 0 Å². The number of nitrogens with zero attached hydrogens (tertiary/aromatic N) is 1. The van der Waals surface area contributed by atoms with E-state index in [0.29, 0.717) is 12.6 Å². The number of halogens is 2. The lowest BCUT2D eigenvalue weighted by atomic mass is 9.87. The molecular formula is C14H18F2N2O3. The number of hydrogen-bond acceptors (Lipinski definition) is 4. The minimum Gasteiger partial charge on any atom is -0.396 e. The Morgan fingerprint density at radius 2 is 1.95 bits per heavy atom. The van der Waals surface area contributed by atoms with Gasteiger partial charge in [-0.15, -0.1) is 0 Å². The highest BCUT2D eigenvalue weighted by Crippen LogP contribution is 2.37. The van der Waals surface area contributed by atoms with E-state index in [1.54, 1.807) is 0 Å². The van der Waals surface area contributed by atoms with Crippen molar-refractivity contribution in [3.05, 3.63) is 39.4 Å². The smallest absolute Gasteiger partial charge is 0.305 e. The van der Waals surface area contributed by atoms with Gasteiger partial charge >= 0.3 is 5.69 Å². The van der Waals surface area contributed by atoms with E-state index < -0.39 is 22.2 Å². The molecule has 2 N–H and O–H groups in total. The molecule has 0 aromatic heterocycles. The summed E-state index contributed by atoms with van der Waals surface area (Å²) in [6.07, 6.45) is 3.92. The molecule has 0 bridgehead atoms. The Morgan fingerprint density at radius 3 is 2.52 bits per heavy atom. The minimum atomic E-state index is -1.18. The van der Waals surface area contributed by atoms with Gasteiger partial charge in [-0.05, 0) is 12.8 Å². The zero-order valence-electron chi connectivity index (χ0n) is 11.6. The van der Waals surface area contributed by atoms with Crippen molar-refractivity contribution in [1.29, 1.82) is 0 Å². The highest BCUT2D eigenvalue weighted by molar-refractivity contribution is 5.37. The molecule has 0 amide bonds. The van der Waals surface area contributed by atoms with Crippen LogP contribution < -0.4 is 5.32 Å². The van der Waals surface area contributed by atoms with Crippen LogP contribution in [0.1, 0.15) is 31.2 Å². The quantitative estimate of drug-likeness (QED) is 0.625. The SMILES string of the molecule is O=[N+]([O-])c1cc(CNCC2(CO)CCCC2)c(F)cc1F. The second-order valence-corrected chi connectivity index (χ2v) is 5.62. The summed E-state index contributed by atoms with van der Waals surface area (Å²) in [4.78, 5) is 9.78. The number of aliphatic hydroxyl groups excluding tert-OH is 1. The first kappa shape index (κ1) is 15.8. The molecule has 1 aliphatic carbocycles. The average molecular weight is 300 g/mol. The second-order valence-electron chi connectivity index (χ2n) is 5.62. The summed E-state index contributed by atoms with van der Waals surface area (Å²) in [6.45, 7) is 0.634. The Kier molecular flexibility index (Phi) is 4.84. The summed E-state index contributed by atoms with van der Waals surface area (Å²) in [7, 11) is 0. The Morgan fingerprint density at radius 1 is 1.29 bits per heavy atom. The molecule has 1 aromatic rings. The van der Waals surface area contributed by atoms with Gasteiger partial charge in [-0.2, -0.15) is 4.39 Å². The van der Waals surface area contributed by atoms with Crippen LogP contribution in [-0.4, -0.2) is 23.2 Å². The maximum atomic E-state index is 13.6. The van der Waals surface area contributed by atoms with Crippen molar-refractivity contribution in [2.75, 3.05) is 13.2 Å². The van der Waals surface area contributed by atoms with Gasteiger partial charge in [-0.3, -0.25) is 10.1 Å². The highest BCUT2D eigenvalue weighted by Gasteiger charge is 2.32. The second kappa shape index (κ2) is 6.44. The molecule has 0 aliphatic heterocycles. The fourth-order valence-electron chi connectivity index (χ4n) is 2.83. The molecule has 7 heteroatoms. The Balaban J connectivity index is 2.03. The van der Waals surface area contributed by atoms with Crippen molar-refractivity contribution >= 4 is 5.69 Å². The van der Waals surface area contributed by atoms with Gasteiger partial charge in [0, 0.05) is 42.8 Å². The number of rotatable bonds is 6. The molecule has 0 radical (unpaired) electrons. The third kappa shape index (κ3) is 3.54. The first-order valence-electron chi connectivity index (χ1n) is 6.91. The summed E-state index contributed by atoms with van der Waals surface area (Å²) in [5, 5.41) is 23.1. The molecule has 0 saturated heterocycles. The van der Waals surface area contributed by atoms with E-state index in [9.17, 15) is 24.0 Å². The lowest BCUT2D eigenvalue weighted by molar-refractivity contribution is -0.387. The molecule has 1 aromatic carbocycles. The van der Waals surface area contributed by atoms with Crippen LogP contribution in [0.3, 0.4) is 0 Å². The zero-order valence-corrected chi connectivity index (χ0v) is 11.6. The number of benzene rings is 1. The van der Waals surface area contributed by atoms with E-state index in [-0.39, 0.29) is 24.1 Å². The Labute approximate surface area is 121 Å². The Hall–Kier alpha value is -1.60. The molecule has 0 heterocycles. The first-order chi connectivity index (χ1) is 9.97. The topological polar surface area (TPSA) is 75.4 Å². The summed E-state index contributed by atoms with van der Waals surface area (Å²) in [5.41, 5.74) is -0.872. The molecule has 1 saturated carbocycles. The monoisotopic (exact) mass is 300 g/mol. The fraction of sp³-hybridized carbons (Fsp3) is 0.571. The molecule has 21 heavy (non-hydrogen) atoms. The molecule has 0 unspecified atom stereocenters. The number of hydrogen-bond donors (Lipinski definition) is 2. The third-order valence-corrected chi connectivity index (χ3v) is 4.13. The summed E-state index contributed by atoms with van der Waals surface area (Å²) in [5.74, 6) is -1.99. The van der Waals surface area contributed by atoms with Gasteiger partial charge in [0.25, 0.3) is 0 Å². The molecule has 0 spiro atoms. The van der Waals surface area contributed by atoms with Crippen molar-refractivity contribution in [2.45, 2.75) is 32.2 Å². The van der Waals surface area contributed by atoms with Crippen LogP contribution in [-0.2, 0) is 6.54 Å². The van der Waals surface area contributed by atoms with E-state index >= 15 is 0 Å². The average Bonchev–Trinajstić information content (AvgIpc) is 2.90. The summed E-state index contributed by atoms with van der Waals surface area (Å²) in [6, 6.07) is 1.45. The van der Waals surface area contributed by atoms with E-state index in [1.165, 1.54) is 0 Å². The van der Waals surface area contributed by atoms with E-state index in [2.05, 4.69) is 5.32 Å². The largest absolute Gasteiger partial charge is 0.396 e. The molecule has 1 aliphatic rings. The normalized spacial score (nSPS) is 17.1. The van der Waals surface area contributed by atoms with Gasteiger partial charge in [0.15, 0.2) is 0 Å². The van der Waals surface area contributed by atoms with Crippen LogP contribution in [0.5, 0.6) is 0 Å². The maximum absolute atomic E-state index is 13.6. The number of aliphatic hydroxyl groups is 1. The number of nitro benzene ring substituents is 1. The highest BCUT2D eigenvalue weighted by atomic mass is 19.1. The standard InChI is InChI=1S/C14H18F2N2O3/c15-11-6-12(16)13(18(20)21)5-10(11)7-17-8-14(9-19)3-1-2-4-14/h5-6,17,19H,1-4,7-9H2. The molecular weight excluding hydrogens is 282 g/mol. The van der Waals surface area contributed by atoms with Crippen molar-refractivity contribution in [1.82, 2.24) is 5.32 Å². The Bertz CT molecular complexity index is 531. The van der Waals surface area contributed by atoms with E-state index in [0.717, 1.165) is 31.7 Å². The number of nitrogens with one attached hydrogen (secondary N) is 1. The maximum Gasteiger partial charge on any atom is 0.305 e. The number of nitro groups is 1. The van der Waals surface area contributed by atoms with Crippen LogP contribution in [0, 0.1) is 27.2 Å². The fourth-order valence-corrected chi connectivity index (χ4v) is 2.83. The molecule has 0 atom stereocenters. The van der Waals surface area contributed by atoms with Gasteiger partial charge in [-0.1, -0.05) is 12.8 Å². The molecule has 2 rings (SSSR count). The predicted octanol–water partition coefficient (Wildman–Crippen LogP) is 2.52. The van der Waals surface area contributed by atoms with Gasteiger partial charge in [0.2, 0.25) is 5.82 Å². The van der Waals surface area contributed by atoms with Crippen molar-refractivity contribution in [2.24, 2.45) is 5.41 Å². The van der Waals surface area contributed by atoms with Crippen LogP contribution >= 0.6 is 0 Å². The summed E-state index contributed by atoms with van der Waals surface area (Å²) < 4.78 is 26.8. The lowest BCUT2D eigenvalue weighted by Gasteiger charge is -2.26. The van der Waals surface area contributed by atoms with Crippen molar-refractivity contribution in [3.63, 3.8) is 0 Å². The zero-order chi connectivity index (χ0) is 15.5. The van der Waals surface area contributed by atoms with Crippen LogP contribution in [0.15, 0.2) is 12.1 Å². The summed E-state index contributed by atoms with van der Waals surface area (Å²) >= 11 is 0. The first-order valence-corrected chi connectivity index (χ1v) is 6.91. The predicted molar refractivity (Wildman–Crippen MR) is 72.7 cm³/mol. The van der Waals surface area contributed by atoms with Gasteiger partial charge in [0.1, 0.15) is 5.82 Å². The lowest BCUT2D eigenvalue weighted by Crippen LogP contribution is -2.35. The molecule has 1 fully saturated rings.